The number of ketones is 1. The number of hydrogen-bond donors (Lipinski definition) is 1. The molecule has 0 aliphatic rings. The highest BCUT2D eigenvalue weighted by molar-refractivity contribution is 6.40. The zero-order chi connectivity index (χ0) is 13.0. The Bertz CT molecular complexity index is 455. The molecule has 1 rings (SSSR count). The molecule has 0 bridgehead atoms. The molecule has 0 radical (unpaired) electrons. The minimum Gasteiger partial charge on any atom is -0.495 e. The molecule has 0 amide bonds. The smallest absolute Gasteiger partial charge is 0.377 e. The molecule has 0 aliphatic heterocycles. The van der Waals surface area contributed by atoms with Gasteiger partial charge in [-0.2, -0.15) is 0 Å². The first kappa shape index (κ1) is 13.1. The predicted molar refractivity (Wildman–Crippen MR) is 55.6 cm³/mol. The lowest BCUT2D eigenvalue weighted by atomic mass is 10.0. The Labute approximate surface area is 96.8 Å². The number of ether oxygens (including phenoxy) is 2. The summed E-state index contributed by atoms with van der Waals surface area (Å²) in [6.45, 7) is -0.115. The molecule has 0 saturated carbocycles. The van der Waals surface area contributed by atoms with E-state index in [1.165, 1.54) is 14.2 Å². The fraction of sp³-hybridized carbons (Fsp3) is 0.273. The van der Waals surface area contributed by atoms with Crippen LogP contribution < -0.4 is 4.74 Å². The Hall–Kier alpha value is -1.95. The zero-order valence-corrected chi connectivity index (χ0v) is 9.32. The third kappa shape index (κ3) is 2.59. The van der Waals surface area contributed by atoms with Gasteiger partial charge in [0.25, 0.3) is 5.78 Å². The van der Waals surface area contributed by atoms with Gasteiger partial charge in [-0.15, -0.1) is 0 Å². The largest absolute Gasteiger partial charge is 0.495 e. The molecule has 1 N–H and O–H groups in total. The number of hydrogen-bond acceptors (Lipinski definition) is 4. The second-order valence-corrected chi connectivity index (χ2v) is 3.17. The average molecular weight is 242 g/mol. The highest BCUT2D eigenvalue weighted by Crippen LogP contribution is 2.27. The number of rotatable bonds is 5. The van der Waals surface area contributed by atoms with Crippen LogP contribution in [0.4, 0.5) is 4.39 Å². The molecular weight excluding hydrogens is 231 g/mol. The van der Waals surface area contributed by atoms with Gasteiger partial charge in [-0.3, -0.25) is 4.79 Å². The molecule has 1 aromatic carbocycles. The van der Waals surface area contributed by atoms with Crippen LogP contribution >= 0.6 is 0 Å². The number of aliphatic carboxylic acids is 1. The van der Waals surface area contributed by atoms with E-state index in [0.717, 1.165) is 12.1 Å². The van der Waals surface area contributed by atoms with Crippen LogP contribution in [0, 0.1) is 5.82 Å². The second kappa shape index (κ2) is 5.40. The van der Waals surface area contributed by atoms with Crippen molar-refractivity contribution in [1.82, 2.24) is 0 Å². The summed E-state index contributed by atoms with van der Waals surface area (Å²) in [4.78, 5) is 21.9. The molecule has 0 fully saturated rings. The molecule has 0 unspecified atom stereocenters. The lowest BCUT2D eigenvalue weighted by Gasteiger charge is -2.12. The summed E-state index contributed by atoms with van der Waals surface area (Å²) in [6.07, 6.45) is 0. The van der Waals surface area contributed by atoms with Crippen molar-refractivity contribution in [2.75, 3.05) is 14.2 Å². The van der Waals surface area contributed by atoms with Gasteiger partial charge in [0.1, 0.15) is 11.6 Å². The maximum absolute atomic E-state index is 13.4. The van der Waals surface area contributed by atoms with Gasteiger partial charge < -0.3 is 14.6 Å². The summed E-state index contributed by atoms with van der Waals surface area (Å²) in [5, 5.41) is 8.62. The molecule has 0 saturated heterocycles. The van der Waals surface area contributed by atoms with Crippen LogP contribution in [0.15, 0.2) is 12.1 Å². The molecule has 1 aromatic rings. The molecule has 0 aliphatic carbocycles. The molecular formula is C11H11FO5. The quantitative estimate of drug-likeness (QED) is 0.621. The Balaban J connectivity index is 3.37. The summed E-state index contributed by atoms with van der Waals surface area (Å²) in [6, 6.07) is 2.08. The van der Waals surface area contributed by atoms with Crippen molar-refractivity contribution < 1.29 is 28.6 Å². The van der Waals surface area contributed by atoms with Crippen LogP contribution in [0.25, 0.3) is 0 Å². The Morgan fingerprint density at radius 3 is 2.47 bits per heavy atom. The van der Waals surface area contributed by atoms with E-state index in [1.807, 2.05) is 0 Å². The van der Waals surface area contributed by atoms with Crippen LogP contribution in [-0.4, -0.2) is 31.1 Å². The van der Waals surface area contributed by atoms with Crippen LogP contribution in [0.2, 0.25) is 0 Å². The van der Waals surface area contributed by atoms with Gasteiger partial charge in [0, 0.05) is 7.11 Å². The summed E-state index contributed by atoms with van der Waals surface area (Å²) in [5.74, 6) is -3.51. The first-order valence-electron chi connectivity index (χ1n) is 4.64. The molecule has 92 valence electrons. The summed E-state index contributed by atoms with van der Waals surface area (Å²) < 4.78 is 23.1. The van der Waals surface area contributed by atoms with Gasteiger partial charge in [0.05, 0.1) is 24.8 Å². The maximum Gasteiger partial charge on any atom is 0.377 e. The normalized spacial score (nSPS) is 10.1. The SMILES string of the molecule is COCc1c(F)ccc(C(=O)C(=O)O)c1OC. The van der Waals surface area contributed by atoms with Gasteiger partial charge >= 0.3 is 5.97 Å². The third-order valence-electron chi connectivity index (χ3n) is 2.14. The number of Topliss-reactive ketones (excluding diaryl/α,β-unsaturated/α-hetero) is 1. The van der Waals surface area contributed by atoms with Crippen LogP contribution in [0.5, 0.6) is 5.75 Å². The van der Waals surface area contributed by atoms with Crippen molar-refractivity contribution in [2.45, 2.75) is 6.61 Å². The first-order chi connectivity index (χ1) is 8.02. The number of carboxylic acids is 1. The summed E-state index contributed by atoms with van der Waals surface area (Å²) in [5.41, 5.74) is -0.185. The van der Waals surface area contributed by atoms with Gasteiger partial charge in [-0.05, 0) is 12.1 Å². The first-order valence-corrected chi connectivity index (χ1v) is 4.64. The van der Waals surface area contributed by atoms with E-state index in [9.17, 15) is 14.0 Å². The maximum atomic E-state index is 13.4. The van der Waals surface area contributed by atoms with Crippen molar-refractivity contribution in [3.63, 3.8) is 0 Å². The lowest BCUT2D eigenvalue weighted by molar-refractivity contribution is -0.131. The van der Waals surface area contributed by atoms with E-state index >= 15 is 0 Å². The highest BCUT2D eigenvalue weighted by atomic mass is 19.1. The molecule has 17 heavy (non-hydrogen) atoms. The number of carbonyl (C=O) groups is 2. The van der Waals surface area contributed by atoms with Crippen molar-refractivity contribution in [3.05, 3.63) is 29.1 Å². The minimum atomic E-state index is -1.63. The van der Waals surface area contributed by atoms with E-state index in [-0.39, 0.29) is 23.5 Å². The average Bonchev–Trinajstić information content (AvgIpc) is 2.30. The fourth-order valence-electron chi connectivity index (χ4n) is 1.41. The predicted octanol–water partition coefficient (Wildman–Crippen LogP) is 1.25. The number of carboxylic acid groups (broad SMARTS) is 1. The summed E-state index contributed by atoms with van der Waals surface area (Å²) in [7, 11) is 2.58. The van der Waals surface area contributed by atoms with Gasteiger partial charge in [0.2, 0.25) is 0 Å². The molecule has 0 aromatic heterocycles. The summed E-state index contributed by atoms with van der Waals surface area (Å²) >= 11 is 0. The van der Waals surface area contributed by atoms with Crippen molar-refractivity contribution in [1.29, 1.82) is 0 Å². The molecule has 0 spiro atoms. The monoisotopic (exact) mass is 242 g/mol. The molecule has 0 atom stereocenters. The number of methoxy groups -OCH3 is 2. The van der Waals surface area contributed by atoms with E-state index in [2.05, 4.69) is 0 Å². The molecule has 0 heterocycles. The van der Waals surface area contributed by atoms with Crippen molar-refractivity contribution in [2.24, 2.45) is 0 Å². The van der Waals surface area contributed by atoms with Crippen molar-refractivity contribution in [3.8, 4) is 5.75 Å². The zero-order valence-electron chi connectivity index (χ0n) is 9.32. The van der Waals surface area contributed by atoms with Crippen LogP contribution in [0.3, 0.4) is 0 Å². The van der Waals surface area contributed by atoms with E-state index < -0.39 is 17.6 Å². The highest BCUT2D eigenvalue weighted by Gasteiger charge is 2.23. The number of benzene rings is 1. The van der Waals surface area contributed by atoms with E-state index in [4.69, 9.17) is 14.6 Å². The Morgan fingerprint density at radius 1 is 1.35 bits per heavy atom. The number of halogens is 1. The third-order valence-corrected chi connectivity index (χ3v) is 2.14. The molecule has 5 nitrogen and oxygen atoms in total. The molecule has 6 heteroatoms. The minimum absolute atomic E-state index is 0.0158. The van der Waals surface area contributed by atoms with Crippen LogP contribution in [0.1, 0.15) is 15.9 Å². The van der Waals surface area contributed by atoms with Gasteiger partial charge in [-0.25, -0.2) is 9.18 Å². The van der Waals surface area contributed by atoms with Crippen molar-refractivity contribution >= 4 is 11.8 Å². The fourth-order valence-corrected chi connectivity index (χ4v) is 1.41. The standard InChI is InChI=1S/C11H11FO5/c1-16-5-7-8(12)4-3-6(10(7)17-2)9(13)11(14)15/h3-4H,5H2,1-2H3,(H,14,15). The van der Waals surface area contributed by atoms with E-state index in [0.29, 0.717) is 0 Å². The van der Waals surface area contributed by atoms with Gasteiger partial charge in [0.15, 0.2) is 0 Å². The van der Waals surface area contributed by atoms with E-state index in [1.54, 1.807) is 0 Å². The Kier molecular flexibility index (Phi) is 4.17. The number of carbonyl (C=O) groups excluding carboxylic acids is 1. The topological polar surface area (TPSA) is 72.8 Å². The van der Waals surface area contributed by atoms with Gasteiger partial charge in [-0.1, -0.05) is 0 Å². The second-order valence-electron chi connectivity index (χ2n) is 3.17. The van der Waals surface area contributed by atoms with Crippen LogP contribution in [-0.2, 0) is 16.1 Å². The lowest BCUT2D eigenvalue weighted by Crippen LogP contribution is -2.15. The Morgan fingerprint density at radius 2 is 2.00 bits per heavy atom.